The second-order valence-electron chi connectivity index (χ2n) is 4.00. The van der Waals surface area contributed by atoms with Crippen LogP contribution in [-0.4, -0.2) is 24.3 Å². The Kier molecular flexibility index (Phi) is 3.42. The van der Waals surface area contributed by atoms with Crippen molar-refractivity contribution in [2.45, 2.75) is 25.8 Å². The van der Waals surface area contributed by atoms with Gasteiger partial charge in [-0.15, -0.1) is 0 Å². The number of nitrogens with two attached hydrogens (primary N) is 1. The molecular weight excluding hydrogens is 216 g/mol. The van der Waals surface area contributed by atoms with Crippen molar-refractivity contribution in [3.05, 3.63) is 29.8 Å². The van der Waals surface area contributed by atoms with Crippen LogP contribution in [0.4, 0.5) is 5.69 Å². The van der Waals surface area contributed by atoms with Crippen molar-refractivity contribution >= 4 is 17.4 Å². The lowest BCUT2D eigenvalue weighted by atomic mass is 10.1. The third-order valence-corrected chi connectivity index (χ3v) is 2.77. The summed E-state index contributed by atoms with van der Waals surface area (Å²) < 4.78 is 4.96. The molecule has 0 spiro atoms. The number of carbonyl (C=O) groups excluding carboxylic acids is 1. The standard InChI is InChI=1S/C13H16N2O2/c1-2-17-13(16)12-8-7-11(15-12)9-3-5-10(14)6-4-9/h3-6,12H,2,7-8,14H2,1H3/t12-/m0/s1. The van der Waals surface area contributed by atoms with Gasteiger partial charge >= 0.3 is 5.97 Å². The first-order chi connectivity index (χ1) is 8.20. The molecule has 17 heavy (non-hydrogen) atoms. The summed E-state index contributed by atoms with van der Waals surface area (Å²) in [7, 11) is 0. The molecular formula is C13H16N2O2. The molecule has 0 radical (unpaired) electrons. The first-order valence-electron chi connectivity index (χ1n) is 5.80. The van der Waals surface area contributed by atoms with Crippen LogP contribution >= 0.6 is 0 Å². The van der Waals surface area contributed by atoms with Crippen molar-refractivity contribution in [1.82, 2.24) is 0 Å². The Morgan fingerprint density at radius 3 is 2.82 bits per heavy atom. The maximum Gasteiger partial charge on any atom is 0.330 e. The fraction of sp³-hybridized carbons (Fsp3) is 0.385. The van der Waals surface area contributed by atoms with E-state index in [1.165, 1.54) is 0 Å². The molecule has 0 fully saturated rings. The highest BCUT2D eigenvalue weighted by Gasteiger charge is 2.25. The van der Waals surface area contributed by atoms with Crippen LogP contribution in [0.1, 0.15) is 25.3 Å². The van der Waals surface area contributed by atoms with Gasteiger partial charge in [-0.05, 0) is 37.5 Å². The molecule has 0 bridgehead atoms. The molecule has 2 N–H and O–H groups in total. The van der Waals surface area contributed by atoms with Gasteiger partial charge in [-0.3, -0.25) is 4.99 Å². The van der Waals surface area contributed by atoms with E-state index in [1.807, 2.05) is 24.3 Å². The molecule has 1 atom stereocenters. The Bertz CT molecular complexity index is 437. The number of hydrogen-bond acceptors (Lipinski definition) is 4. The average Bonchev–Trinajstić information content (AvgIpc) is 2.80. The van der Waals surface area contributed by atoms with E-state index >= 15 is 0 Å². The van der Waals surface area contributed by atoms with Crippen LogP contribution < -0.4 is 5.73 Å². The van der Waals surface area contributed by atoms with Crippen LogP contribution in [-0.2, 0) is 9.53 Å². The van der Waals surface area contributed by atoms with Gasteiger partial charge in [0.05, 0.1) is 6.61 Å². The third-order valence-electron chi connectivity index (χ3n) is 2.77. The molecule has 0 aromatic heterocycles. The van der Waals surface area contributed by atoms with Crippen molar-refractivity contribution in [3.8, 4) is 0 Å². The second-order valence-corrected chi connectivity index (χ2v) is 4.00. The van der Waals surface area contributed by atoms with Crippen LogP contribution in [0.3, 0.4) is 0 Å². The van der Waals surface area contributed by atoms with Crippen molar-refractivity contribution in [2.75, 3.05) is 12.3 Å². The average molecular weight is 232 g/mol. The van der Waals surface area contributed by atoms with Gasteiger partial charge in [0.25, 0.3) is 0 Å². The van der Waals surface area contributed by atoms with Crippen LogP contribution in [0.5, 0.6) is 0 Å². The van der Waals surface area contributed by atoms with E-state index in [0.29, 0.717) is 6.61 Å². The monoisotopic (exact) mass is 232 g/mol. The highest BCUT2D eigenvalue weighted by atomic mass is 16.5. The molecule has 1 aromatic rings. The van der Waals surface area contributed by atoms with Crippen molar-refractivity contribution in [2.24, 2.45) is 4.99 Å². The normalized spacial score (nSPS) is 18.9. The van der Waals surface area contributed by atoms with Gasteiger partial charge in [0.1, 0.15) is 6.04 Å². The van der Waals surface area contributed by atoms with E-state index in [2.05, 4.69) is 4.99 Å². The van der Waals surface area contributed by atoms with Crippen molar-refractivity contribution in [3.63, 3.8) is 0 Å². The predicted molar refractivity (Wildman–Crippen MR) is 67.0 cm³/mol. The number of nitrogens with zero attached hydrogens (tertiary/aromatic N) is 1. The quantitative estimate of drug-likeness (QED) is 0.638. The third kappa shape index (κ3) is 2.64. The number of benzene rings is 1. The van der Waals surface area contributed by atoms with E-state index in [1.54, 1.807) is 6.92 Å². The predicted octanol–water partition coefficient (Wildman–Crippen LogP) is 1.78. The highest BCUT2D eigenvalue weighted by molar-refractivity contribution is 6.03. The Morgan fingerprint density at radius 1 is 1.47 bits per heavy atom. The summed E-state index contributed by atoms with van der Waals surface area (Å²) in [5.74, 6) is -0.224. The Balaban J connectivity index is 2.11. The maximum atomic E-state index is 11.5. The molecule has 2 rings (SSSR count). The van der Waals surface area contributed by atoms with Gasteiger partial charge < -0.3 is 10.5 Å². The van der Waals surface area contributed by atoms with Gasteiger partial charge in [0.2, 0.25) is 0 Å². The number of hydrogen-bond donors (Lipinski definition) is 1. The van der Waals surface area contributed by atoms with Gasteiger partial charge in [-0.2, -0.15) is 0 Å². The van der Waals surface area contributed by atoms with E-state index in [4.69, 9.17) is 10.5 Å². The zero-order valence-corrected chi connectivity index (χ0v) is 9.85. The zero-order chi connectivity index (χ0) is 12.3. The van der Waals surface area contributed by atoms with E-state index in [9.17, 15) is 4.79 Å². The number of rotatable bonds is 3. The summed E-state index contributed by atoms with van der Waals surface area (Å²) in [6, 6.07) is 7.22. The SMILES string of the molecule is CCOC(=O)[C@@H]1CCC(c2ccc(N)cc2)=N1. The van der Waals surface area contributed by atoms with Crippen LogP contribution in [0.15, 0.2) is 29.3 Å². The molecule has 1 heterocycles. The summed E-state index contributed by atoms with van der Waals surface area (Å²) >= 11 is 0. The number of carbonyl (C=O) groups is 1. The Labute approximate surface area is 100 Å². The second kappa shape index (κ2) is 4.99. The minimum atomic E-state index is -0.331. The molecule has 0 saturated carbocycles. The summed E-state index contributed by atoms with van der Waals surface area (Å²) in [5.41, 5.74) is 8.35. The summed E-state index contributed by atoms with van der Waals surface area (Å²) in [5, 5.41) is 0. The smallest absolute Gasteiger partial charge is 0.330 e. The fourth-order valence-electron chi connectivity index (χ4n) is 1.89. The number of anilines is 1. The van der Waals surface area contributed by atoms with Crippen LogP contribution in [0.25, 0.3) is 0 Å². The fourth-order valence-corrected chi connectivity index (χ4v) is 1.89. The molecule has 0 aliphatic carbocycles. The first-order valence-corrected chi connectivity index (χ1v) is 5.80. The molecule has 0 amide bonds. The largest absolute Gasteiger partial charge is 0.464 e. The molecule has 4 heteroatoms. The lowest BCUT2D eigenvalue weighted by Crippen LogP contribution is -2.18. The molecule has 1 aliphatic rings. The molecule has 0 saturated heterocycles. The van der Waals surface area contributed by atoms with Gasteiger partial charge in [-0.1, -0.05) is 12.1 Å². The Morgan fingerprint density at radius 2 is 2.18 bits per heavy atom. The van der Waals surface area contributed by atoms with Crippen molar-refractivity contribution in [1.29, 1.82) is 0 Å². The van der Waals surface area contributed by atoms with Crippen molar-refractivity contribution < 1.29 is 9.53 Å². The van der Waals surface area contributed by atoms with E-state index < -0.39 is 0 Å². The molecule has 4 nitrogen and oxygen atoms in total. The van der Waals surface area contributed by atoms with Crippen LogP contribution in [0, 0.1) is 0 Å². The number of esters is 1. The van der Waals surface area contributed by atoms with Gasteiger partial charge in [0, 0.05) is 11.4 Å². The minimum Gasteiger partial charge on any atom is -0.464 e. The maximum absolute atomic E-state index is 11.5. The van der Waals surface area contributed by atoms with E-state index in [-0.39, 0.29) is 12.0 Å². The summed E-state index contributed by atoms with van der Waals surface area (Å²) in [6.45, 7) is 2.21. The first kappa shape index (κ1) is 11.6. The topological polar surface area (TPSA) is 64.7 Å². The molecule has 1 aliphatic heterocycles. The number of nitrogen functional groups attached to an aromatic ring is 1. The van der Waals surface area contributed by atoms with E-state index in [0.717, 1.165) is 29.8 Å². The minimum absolute atomic E-state index is 0.224. The Hall–Kier alpha value is -1.84. The lowest BCUT2D eigenvalue weighted by molar-refractivity contribution is -0.144. The zero-order valence-electron chi connectivity index (χ0n) is 9.85. The summed E-state index contributed by atoms with van der Waals surface area (Å²) in [6.07, 6.45) is 1.55. The summed E-state index contributed by atoms with van der Waals surface area (Å²) in [4.78, 5) is 15.9. The molecule has 90 valence electrons. The van der Waals surface area contributed by atoms with Gasteiger partial charge in [0.15, 0.2) is 0 Å². The van der Waals surface area contributed by atoms with Gasteiger partial charge in [-0.25, -0.2) is 4.79 Å². The highest BCUT2D eigenvalue weighted by Crippen LogP contribution is 2.20. The van der Waals surface area contributed by atoms with Crippen LogP contribution in [0.2, 0.25) is 0 Å². The lowest BCUT2D eigenvalue weighted by Gasteiger charge is -2.04. The number of ether oxygens (including phenoxy) is 1. The molecule has 0 unspecified atom stereocenters. The number of aliphatic imine (C=N–C) groups is 1. The molecule has 1 aromatic carbocycles.